The number of para-hydroxylation sites is 1. The van der Waals surface area contributed by atoms with Gasteiger partial charge in [-0.2, -0.15) is 0 Å². The summed E-state index contributed by atoms with van der Waals surface area (Å²) >= 11 is 0. The Hall–Kier alpha value is -1.28. The third-order valence-electron chi connectivity index (χ3n) is 3.70. The van der Waals surface area contributed by atoms with Crippen LogP contribution >= 0.6 is 0 Å². The summed E-state index contributed by atoms with van der Waals surface area (Å²) in [5.41, 5.74) is 1.22. The molecule has 0 bridgehead atoms. The van der Waals surface area contributed by atoms with E-state index in [1.165, 1.54) is 5.69 Å². The largest absolute Gasteiger partial charge is 0.391 e. The van der Waals surface area contributed by atoms with Crippen molar-refractivity contribution < 1.29 is 5.11 Å². The molecule has 0 saturated carbocycles. The van der Waals surface area contributed by atoms with E-state index in [9.17, 15) is 5.11 Å². The highest BCUT2D eigenvalue weighted by atomic mass is 16.3. The Bertz CT molecular complexity index is 374. The molecule has 2 heteroatoms. The molecular weight excluding hydrogens is 222 g/mol. The SMILES string of the molecule is CCN(c1ccccc1)[C@H]1CC/C=C/CC[C@@H]1O. The highest BCUT2D eigenvalue weighted by Gasteiger charge is 2.25. The van der Waals surface area contributed by atoms with Crippen LogP contribution in [-0.4, -0.2) is 23.8 Å². The Morgan fingerprint density at radius 1 is 1.11 bits per heavy atom. The van der Waals surface area contributed by atoms with Crippen LogP contribution in [0.15, 0.2) is 42.5 Å². The minimum Gasteiger partial charge on any atom is -0.391 e. The van der Waals surface area contributed by atoms with Crippen LogP contribution in [0, 0.1) is 0 Å². The lowest BCUT2D eigenvalue weighted by molar-refractivity contribution is 0.127. The fraction of sp³-hybridized carbons (Fsp3) is 0.500. The van der Waals surface area contributed by atoms with E-state index in [1.54, 1.807) is 0 Å². The van der Waals surface area contributed by atoms with Crippen LogP contribution < -0.4 is 4.90 Å². The van der Waals surface area contributed by atoms with Gasteiger partial charge in [0.05, 0.1) is 12.1 Å². The number of benzene rings is 1. The Labute approximate surface area is 110 Å². The summed E-state index contributed by atoms with van der Waals surface area (Å²) in [7, 11) is 0. The van der Waals surface area contributed by atoms with Crippen LogP contribution in [0.1, 0.15) is 32.6 Å². The van der Waals surface area contributed by atoms with Gasteiger partial charge in [-0.1, -0.05) is 30.4 Å². The molecule has 0 saturated heterocycles. The summed E-state index contributed by atoms with van der Waals surface area (Å²) in [6, 6.07) is 10.7. The van der Waals surface area contributed by atoms with Crippen molar-refractivity contribution >= 4 is 5.69 Å². The molecule has 1 aromatic rings. The van der Waals surface area contributed by atoms with Crippen molar-refractivity contribution in [3.8, 4) is 0 Å². The molecule has 1 N–H and O–H groups in total. The Kier molecular flexibility index (Phi) is 4.82. The zero-order valence-corrected chi connectivity index (χ0v) is 11.1. The van der Waals surface area contributed by atoms with Crippen molar-refractivity contribution in [1.82, 2.24) is 0 Å². The molecule has 2 nitrogen and oxygen atoms in total. The van der Waals surface area contributed by atoms with E-state index in [4.69, 9.17) is 0 Å². The van der Waals surface area contributed by atoms with E-state index in [0.717, 1.165) is 32.2 Å². The first-order valence-electron chi connectivity index (χ1n) is 6.97. The molecule has 1 aromatic carbocycles. The molecule has 98 valence electrons. The van der Waals surface area contributed by atoms with Crippen LogP contribution in [0.3, 0.4) is 0 Å². The van der Waals surface area contributed by atoms with Gasteiger partial charge >= 0.3 is 0 Å². The molecule has 18 heavy (non-hydrogen) atoms. The highest BCUT2D eigenvalue weighted by molar-refractivity contribution is 5.47. The van der Waals surface area contributed by atoms with Crippen LogP contribution in [-0.2, 0) is 0 Å². The third-order valence-corrected chi connectivity index (χ3v) is 3.70. The van der Waals surface area contributed by atoms with Crippen molar-refractivity contribution in [2.75, 3.05) is 11.4 Å². The molecule has 0 unspecified atom stereocenters. The topological polar surface area (TPSA) is 23.5 Å². The Morgan fingerprint density at radius 2 is 1.78 bits per heavy atom. The van der Waals surface area contributed by atoms with Crippen molar-refractivity contribution in [3.63, 3.8) is 0 Å². The van der Waals surface area contributed by atoms with Gasteiger partial charge in [0.1, 0.15) is 0 Å². The molecule has 0 spiro atoms. The summed E-state index contributed by atoms with van der Waals surface area (Å²) < 4.78 is 0. The van der Waals surface area contributed by atoms with Gasteiger partial charge < -0.3 is 10.0 Å². The molecule has 0 aliphatic heterocycles. The first-order chi connectivity index (χ1) is 8.83. The van der Waals surface area contributed by atoms with Gasteiger partial charge in [0.25, 0.3) is 0 Å². The molecule has 1 aliphatic carbocycles. The second-order valence-corrected chi connectivity index (χ2v) is 4.88. The second kappa shape index (κ2) is 6.60. The van der Waals surface area contributed by atoms with E-state index in [2.05, 4.69) is 48.2 Å². The quantitative estimate of drug-likeness (QED) is 0.825. The number of aliphatic hydroxyl groups excluding tert-OH is 1. The first kappa shape index (κ1) is 13.2. The van der Waals surface area contributed by atoms with Crippen LogP contribution in [0.25, 0.3) is 0 Å². The van der Waals surface area contributed by atoms with Crippen molar-refractivity contribution in [2.24, 2.45) is 0 Å². The van der Waals surface area contributed by atoms with E-state index in [1.807, 2.05) is 6.07 Å². The number of hydrogen-bond acceptors (Lipinski definition) is 2. The Balaban J connectivity index is 2.17. The molecule has 0 aromatic heterocycles. The van der Waals surface area contributed by atoms with Gasteiger partial charge in [-0.25, -0.2) is 0 Å². The monoisotopic (exact) mass is 245 g/mol. The molecule has 0 heterocycles. The van der Waals surface area contributed by atoms with Crippen molar-refractivity contribution in [2.45, 2.75) is 44.8 Å². The van der Waals surface area contributed by atoms with E-state index in [0.29, 0.717) is 0 Å². The maximum absolute atomic E-state index is 10.4. The highest BCUT2D eigenvalue weighted by Crippen LogP contribution is 2.24. The minimum absolute atomic E-state index is 0.227. The van der Waals surface area contributed by atoms with Gasteiger partial charge in [-0.15, -0.1) is 0 Å². The zero-order chi connectivity index (χ0) is 12.8. The smallest absolute Gasteiger partial charge is 0.0746 e. The predicted molar refractivity (Wildman–Crippen MR) is 76.9 cm³/mol. The number of anilines is 1. The van der Waals surface area contributed by atoms with Crippen LogP contribution in [0.4, 0.5) is 5.69 Å². The average molecular weight is 245 g/mol. The molecule has 2 rings (SSSR count). The minimum atomic E-state index is -0.227. The van der Waals surface area contributed by atoms with Gasteiger partial charge in [0.15, 0.2) is 0 Å². The first-order valence-corrected chi connectivity index (χ1v) is 6.97. The third kappa shape index (κ3) is 3.14. The summed E-state index contributed by atoms with van der Waals surface area (Å²) in [6.45, 7) is 3.10. The molecular formula is C16H23NO. The number of aliphatic hydroxyl groups is 1. The van der Waals surface area contributed by atoms with Crippen molar-refractivity contribution in [3.05, 3.63) is 42.5 Å². The fourth-order valence-corrected chi connectivity index (χ4v) is 2.75. The summed E-state index contributed by atoms with van der Waals surface area (Å²) in [4.78, 5) is 2.34. The normalized spacial score (nSPS) is 26.1. The zero-order valence-electron chi connectivity index (χ0n) is 11.1. The van der Waals surface area contributed by atoms with Gasteiger partial charge in [-0.05, 0) is 44.7 Å². The molecule has 0 radical (unpaired) electrons. The number of nitrogens with zero attached hydrogens (tertiary/aromatic N) is 1. The van der Waals surface area contributed by atoms with Gasteiger partial charge in [-0.3, -0.25) is 0 Å². The number of likely N-dealkylation sites (N-methyl/N-ethyl adjacent to an activating group) is 1. The standard InChI is InChI=1S/C16H23NO/c1-2-17(14-10-6-5-7-11-14)15-12-8-3-4-9-13-16(15)18/h3-7,10-11,15-16,18H,2,8-9,12-13H2,1H3/b4-3+/t15-,16-/m0/s1. The van der Waals surface area contributed by atoms with Crippen LogP contribution in [0.5, 0.6) is 0 Å². The fourth-order valence-electron chi connectivity index (χ4n) is 2.75. The average Bonchev–Trinajstić information content (AvgIpc) is 2.39. The summed E-state index contributed by atoms with van der Waals surface area (Å²) in [6.07, 6.45) is 8.16. The molecule has 2 atom stereocenters. The predicted octanol–water partition coefficient (Wildman–Crippen LogP) is 3.37. The molecule has 0 amide bonds. The number of rotatable bonds is 3. The maximum atomic E-state index is 10.4. The van der Waals surface area contributed by atoms with E-state index < -0.39 is 0 Å². The lowest BCUT2D eigenvalue weighted by Gasteiger charge is -2.36. The maximum Gasteiger partial charge on any atom is 0.0746 e. The summed E-state index contributed by atoms with van der Waals surface area (Å²) in [5.74, 6) is 0. The van der Waals surface area contributed by atoms with Gasteiger partial charge in [0, 0.05) is 12.2 Å². The second-order valence-electron chi connectivity index (χ2n) is 4.88. The Morgan fingerprint density at radius 3 is 2.44 bits per heavy atom. The van der Waals surface area contributed by atoms with E-state index >= 15 is 0 Å². The lowest BCUT2D eigenvalue weighted by Crippen LogP contribution is -2.44. The lowest BCUT2D eigenvalue weighted by atomic mass is 9.96. The number of allylic oxidation sites excluding steroid dienone is 2. The van der Waals surface area contributed by atoms with Gasteiger partial charge in [0.2, 0.25) is 0 Å². The molecule has 0 fully saturated rings. The van der Waals surface area contributed by atoms with Crippen molar-refractivity contribution in [1.29, 1.82) is 0 Å². The summed E-state index contributed by atoms with van der Waals surface area (Å²) in [5, 5.41) is 10.4. The molecule has 1 aliphatic rings. The number of hydrogen-bond donors (Lipinski definition) is 1. The van der Waals surface area contributed by atoms with Crippen LogP contribution in [0.2, 0.25) is 0 Å². The van der Waals surface area contributed by atoms with E-state index in [-0.39, 0.29) is 12.1 Å².